The lowest BCUT2D eigenvalue weighted by molar-refractivity contribution is -0.153. The van der Waals surface area contributed by atoms with Crippen LogP contribution in [0.5, 0.6) is 0 Å². The first-order valence-corrected chi connectivity index (χ1v) is 8.44. The van der Waals surface area contributed by atoms with Gasteiger partial charge in [0.05, 0.1) is 12.5 Å². The minimum atomic E-state index is -0.396. The van der Waals surface area contributed by atoms with Gasteiger partial charge in [-0.25, -0.2) is 0 Å². The monoisotopic (exact) mass is 340 g/mol. The van der Waals surface area contributed by atoms with Crippen molar-refractivity contribution in [2.24, 2.45) is 11.8 Å². The van der Waals surface area contributed by atoms with Crippen molar-refractivity contribution in [3.8, 4) is 0 Å². The molecular formula is C21H24O4. The maximum Gasteiger partial charge on any atom is 0.311 e. The lowest BCUT2D eigenvalue weighted by atomic mass is 9.97. The second kappa shape index (κ2) is 9.74. The van der Waals surface area contributed by atoms with Crippen molar-refractivity contribution in [2.75, 3.05) is 13.2 Å². The summed E-state index contributed by atoms with van der Waals surface area (Å²) in [5, 5.41) is 0. The summed E-state index contributed by atoms with van der Waals surface area (Å²) in [4.78, 5) is 24.4. The predicted molar refractivity (Wildman–Crippen MR) is 96.2 cm³/mol. The van der Waals surface area contributed by atoms with Gasteiger partial charge in [0.1, 0.15) is 13.2 Å². The van der Waals surface area contributed by atoms with E-state index in [0.717, 1.165) is 5.56 Å². The van der Waals surface area contributed by atoms with Crippen LogP contribution in [0.3, 0.4) is 0 Å². The first-order chi connectivity index (χ1) is 12.1. The molecule has 0 bridgehead atoms. The third-order valence-electron chi connectivity index (χ3n) is 3.96. The highest BCUT2D eigenvalue weighted by Gasteiger charge is 2.24. The highest BCUT2D eigenvalue weighted by Crippen LogP contribution is 2.15. The maximum atomic E-state index is 12.3. The fourth-order valence-electron chi connectivity index (χ4n) is 2.35. The van der Waals surface area contributed by atoms with Crippen molar-refractivity contribution in [2.45, 2.75) is 20.5 Å². The van der Waals surface area contributed by atoms with E-state index >= 15 is 0 Å². The van der Waals surface area contributed by atoms with Crippen molar-refractivity contribution >= 4 is 11.8 Å². The quantitative estimate of drug-likeness (QED) is 0.513. The molecule has 4 heteroatoms. The van der Waals surface area contributed by atoms with Crippen LogP contribution in [0.4, 0.5) is 0 Å². The Morgan fingerprint density at radius 3 is 2.12 bits per heavy atom. The zero-order valence-electron chi connectivity index (χ0n) is 14.7. The second-order valence-electron chi connectivity index (χ2n) is 6.25. The van der Waals surface area contributed by atoms with Gasteiger partial charge in [0, 0.05) is 5.56 Å². The first-order valence-electron chi connectivity index (χ1n) is 8.44. The molecule has 0 aliphatic carbocycles. The van der Waals surface area contributed by atoms with Crippen LogP contribution < -0.4 is 0 Å². The summed E-state index contributed by atoms with van der Waals surface area (Å²) >= 11 is 0. The van der Waals surface area contributed by atoms with Crippen molar-refractivity contribution in [3.63, 3.8) is 0 Å². The number of esters is 1. The maximum absolute atomic E-state index is 12.3. The van der Waals surface area contributed by atoms with Gasteiger partial charge in [-0.05, 0) is 11.5 Å². The van der Waals surface area contributed by atoms with E-state index in [1.165, 1.54) is 0 Å². The highest BCUT2D eigenvalue weighted by molar-refractivity contribution is 5.97. The molecular weight excluding hydrogens is 316 g/mol. The van der Waals surface area contributed by atoms with Crippen LogP contribution in [0, 0.1) is 11.8 Å². The van der Waals surface area contributed by atoms with E-state index < -0.39 is 5.92 Å². The number of hydrogen-bond donors (Lipinski definition) is 0. The molecule has 0 aromatic heterocycles. The largest absolute Gasteiger partial charge is 0.461 e. The Morgan fingerprint density at radius 2 is 1.52 bits per heavy atom. The Hall–Kier alpha value is -2.46. The summed E-state index contributed by atoms with van der Waals surface area (Å²) < 4.78 is 10.9. The molecule has 2 aromatic rings. The summed E-state index contributed by atoms with van der Waals surface area (Å²) in [5.74, 6) is -0.728. The summed E-state index contributed by atoms with van der Waals surface area (Å²) in [6.07, 6.45) is 0. The van der Waals surface area contributed by atoms with Gasteiger partial charge in [0.15, 0.2) is 5.78 Å². The SMILES string of the molecule is CC(C)[C@H](COCC(=O)c1ccccc1)C(=O)OCc1ccccc1. The molecule has 1 atom stereocenters. The normalized spacial score (nSPS) is 12.0. The van der Waals surface area contributed by atoms with Crippen LogP contribution in [0.25, 0.3) is 0 Å². The first kappa shape index (κ1) is 18.9. The lowest BCUT2D eigenvalue weighted by Crippen LogP contribution is -2.28. The van der Waals surface area contributed by atoms with Crippen LogP contribution in [0.1, 0.15) is 29.8 Å². The topological polar surface area (TPSA) is 52.6 Å². The average molecular weight is 340 g/mol. The minimum absolute atomic E-state index is 0.0425. The van der Waals surface area contributed by atoms with E-state index in [4.69, 9.17) is 9.47 Å². The fraction of sp³-hybridized carbons (Fsp3) is 0.333. The third-order valence-corrected chi connectivity index (χ3v) is 3.96. The van der Waals surface area contributed by atoms with E-state index in [9.17, 15) is 9.59 Å². The Kier molecular flexibility index (Phi) is 7.36. The molecule has 2 aromatic carbocycles. The molecule has 0 aliphatic rings. The van der Waals surface area contributed by atoms with Gasteiger partial charge in [0.25, 0.3) is 0 Å². The molecule has 0 heterocycles. The Balaban J connectivity index is 1.81. The van der Waals surface area contributed by atoms with Crippen LogP contribution in [0.2, 0.25) is 0 Å². The van der Waals surface area contributed by atoms with Crippen molar-refractivity contribution < 1.29 is 19.1 Å². The molecule has 0 saturated carbocycles. The van der Waals surface area contributed by atoms with E-state index in [0.29, 0.717) is 5.56 Å². The van der Waals surface area contributed by atoms with E-state index in [-0.39, 0.29) is 37.5 Å². The zero-order valence-corrected chi connectivity index (χ0v) is 14.7. The van der Waals surface area contributed by atoms with Crippen LogP contribution in [0.15, 0.2) is 60.7 Å². The molecule has 132 valence electrons. The smallest absolute Gasteiger partial charge is 0.311 e. The zero-order chi connectivity index (χ0) is 18.1. The van der Waals surface area contributed by atoms with E-state index in [1.807, 2.05) is 62.4 Å². The standard InChI is InChI=1S/C21H24O4/c1-16(2)19(21(23)25-13-17-9-5-3-6-10-17)14-24-15-20(22)18-11-7-4-8-12-18/h3-12,16,19H,13-15H2,1-2H3/t19-/m0/s1. The molecule has 0 aliphatic heterocycles. The summed E-state index contributed by atoms with van der Waals surface area (Å²) in [7, 11) is 0. The number of ketones is 1. The van der Waals surface area contributed by atoms with Gasteiger partial charge in [-0.15, -0.1) is 0 Å². The molecule has 0 amide bonds. The van der Waals surface area contributed by atoms with E-state index in [2.05, 4.69) is 0 Å². The van der Waals surface area contributed by atoms with Crippen LogP contribution in [-0.2, 0) is 20.9 Å². The summed E-state index contributed by atoms with van der Waals surface area (Å²) in [6.45, 7) is 4.25. The summed E-state index contributed by atoms with van der Waals surface area (Å²) in [6, 6.07) is 18.5. The molecule has 0 fully saturated rings. The average Bonchev–Trinajstić information content (AvgIpc) is 2.64. The predicted octanol–water partition coefficient (Wildman–Crippen LogP) is 3.90. The Labute approximate surface area is 148 Å². The number of carbonyl (C=O) groups excluding carboxylic acids is 2. The van der Waals surface area contributed by atoms with Crippen molar-refractivity contribution in [3.05, 3.63) is 71.8 Å². The number of hydrogen-bond acceptors (Lipinski definition) is 4. The highest BCUT2D eigenvalue weighted by atomic mass is 16.5. The van der Waals surface area contributed by atoms with Gasteiger partial charge < -0.3 is 9.47 Å². The fourth-order valence-corrected chi connectivity index (χ4v) is 2.35. The minimum Gasteiger partial charge on any atom is -0.461 e. The third kappa shape index (κ3) is 6.16. The molecule has 2 rings (SSSR count). The van der Waals surface area contributed by atoms with Crippen LogP contribution >= 0.6 is 0 Å². The molecule has 0 unspecified atom stereocenters. The van der Waals surface area contributed by atoms with Gasteiger partial charge >= 0.3 is 5.97 Å². The Bertz CT molecular complexity index is 665. The van der Waals surface area contributed by atoms with Crippen molar-refractivity contribution in [1.29, 1.82) is 0 Å². The molecule has 0 N–H and O–H groups in total. The molecule has 0 radical (unpaired) electrons. The van der Waals surface area contributed by atoms with Crippen molar-refractivity contribution in [1.82, 2.24) is 0 Å². The number of carbonyl (C=O) groups is 2. The molecule has 0 saturated heterocycles. The number of benzene rings is 2. The second-order valence-corrected chi connectivity index (χ2v) is 6.25. The Morgan fingerprint density at radius 1 is 0.920 bits per heavy atom. The molecule has 0 spiro atoms. The van der Waals surface area contributed by atoms with Crippen LogP contribution in [-0.4, -0.2) is 25.0 Å². The van der Waals surface area contributed by atoms with Gasteiger partial charge in [-0.3, -0.25) is 9.59 Å². The number of rotatable bonds is 9. The lowest BCUT2D eigenvalue weighted by Gasteiger charge is -2.19. The van der Waals surface area contributed by atoms with Gasteiger partial charge in [-0.2, -0.15) is 0 Å². The number of Topliss-reactive ketones (excluding diaryl/α,β-unsaturated/α-hetero) is 1. The summed E-state index contributed by atoms with van der Waals surface area (Å²) in [5.41, 5.74) is 1.55. The molecule has 4 nitrogen and oxygen atoms in total. The number of ether oxygens (including phenoxy) is 2. The molecule has 25 heavy (non-hydrogen) atoms. The van der Waals surface area contributed by atoms with E-state index in [1.54, 1.807) is 12.1 Å². The van der Waals surface area contributed by atoms with Gasteiger partial charge in [0.2, 0.25) is 0 Å². The van der Waals surface area contributed by atoms with Gasteiger partial charge in [-0.1, -0.05) is 74.5 Å².